The van der Waals surface area contributed by atoms with Crippen LogP contribution in [0, 0.1) is 5.82 Å². The summed E-state index contributed by atoms with van der Waals surface area (Å²) in [5.74, 6) is -12.9. The number of esters is 1. The van der Waals surface area contributed by atoms with E-state index in [2.05, 4.69) is 9.46 Å². The van der Waals surface area contributed by atoms with Crippen LogP contribution in [-0.2, 0) is 26.0 Å². The highest BCUT2D eigenvalue weighted by atomic mass is 32.2. The van der Waals surface area contributed by atoms with Crippen LogP contribution in [0.25, 0.3) is 0 Å². The van der Waals surface area contributed by atoms with Crippen LogP contribution in [0.2, 0.25) is 0 Å². The highest BCUT2D eigenvalue weighted by Crippen LogP contribution is 2.48. The van der Waals surface area contributed by atoms with Gasteiger partial charge in [-0.2, -0.15) is 30.7 Å². The van der Waals surface area contributed by atoms with Crippen LogP contribution in [0.1, 0.15) is 47.9 Å². The molecule has 15 heteroatoms. The predicted octanol–water partition coefficient (Wildman–Crippen LogP) is 6.41. The first-order valence-corrected chi connectivity index (χ1v) is 13.1. The number of aryl methyl sites for hydroxylation is 1. The van der Waals surface area contributed by atoms with Crippen LogP contribution in [0.15, 0.2) is 41.3 Å². The minimum atomic E-state index is -6.47. The summed E-state index contributed by atoms with van der Waals surface area (Å²) in [5.41, 5.74) is 0. The van der Waals surface area contributed by atoms with Gasteiger partial charge >= 0.3 is 24.0 Å². The predicted molar refractivity (Wildman–Crippen MR) is 119 cm³/mol. The number of carbonyl (C=O) groups excluding carboxylic acids is 1. The molecule has 0 fully saturated rings. The zero-order chi connectivity index (χ0) is 28.1. The molecule has 2 rings (SSSR count). The number of carbonyl (C=O) groups is 1. The Morgan fingerprint density at radius 2 is 1.62 bits per heavy atom. The maximum atomic E-state index is 13.7. The summed E-state index contributed by atoms with van der Waals surface area (Å²) in [5, 5.41) is 0. The molecule has 5 nitrogen and oxygen atoms in total. The number of methoxy groups -OCH3 is 1. The fraction of sp³-hybridized carbons (Fsp3) is 0.500. The average molecular weight is 582 g/mol. The van der Waals surface area contributed by atoms with E-state index in [0.29, 0.717) is 17.7 Å². The second-order valence-electron chi connectivity index (χ2n) is 8.03. The number of sulfonamides is 1. The van der Waals surface area contributed by atoms with Crippen molar-refractivity contribution in [2.45, 2.75) is 67.5 Å². The molecular weight excluding hydrogens is 558 g/mol. The normalized spacial score (nSPS) is 14.0. The van der Waals surface area contributed by atoms with Crippen LogP contribution < -0.4 is 4.72 Å². The van der Waals surface area contributed by atoms with Crippen LogP contribution in [0.4, 0.5) is 35.1 Å². The van der Waals surface area contributed by atoms with Gasteiger partial charge in [-0.3, -0.25) is 4.79 Å². The van der Waals surface area contributed by atoms with Crippen molar-refractivity contribution in [3.63, 3.8) is 0 Å². The van der Waals surface area contributed by atoms with Gasteiger partial charge in [-0.25, -0.2) is 17.5 Å². The minimum absolute atomic E-state index is 0.104. The van der Waals surface area contributed by atoms with Crippen molar-refractivity contribution in [1.82, 2.24) is 4.72 Å². The van der Waals surface area contributed by atoms with E-state index in [1.165, 1.54) is 13.2 Å². The Bertz CT molecular complexity index is 1150. The monoisotopic (exact) mass is 581 g/mol. The maximum Gasteiger partial charge on any atom is 0.459 e. The molecule has 0 aliphatic carbocycles. The van der Waals surface area contributed by atoms with Gasteiger partial charge in [0, 0.05) is 22.6 Å². The van der Waals surface area contributed by atoms with Crippen molar-refractivity contribution < 1.29 is 53.1 Å². The number of rotatable bonds is 13. The molecule has 208 valence electrons. The van der Waals surface area contributed by atoms with E-state index < -0.39 is 65.1 Å². The number of thiophene rings is 1. The largest absolute Gasteiger partial charge is 0.469 e. The van der Waals surface area contributed by atoms with Gasteiger partial charge in [-0.15, -0.1) is 11.3 Å². The van der Waals surface area contributed by atoms with E-state index in [1.54, 1.807) is 6.07 Å². The zero-order valence-electron chi connectivity index (χ0n) is 19.3. The molecular formula is C22H23F8NO4S2. The molecule has 0 saturated heterocycles. The summed E-state index contributed by atoms with van der Waals surface area (Å²) >= 11 is 1.05. The third-order valence-electron chi connectivity index (χ3n) is 5.28. The van der Waals surface area contributed by atoms with Crippen molar-refractivity contribution in [3.05, 3.63) is 52.0 Å². The van der Waals surface area contributed by atoms with Crippen molar-refractivity contribution >= 4 is 27.3 Å². The number of hydrogen-bond acceptors (Lipinski definition) is 5. The molecule has 0 aliphatic rings. The Kier molecular flexibility index (Phi) is 10.1. The summed E-state index contributed by atoms with van der Waals surface area (Å²) in [6, 6.07) is 5.41. The molecule has 1 N–H and O–H groups in total. The maximum absolute atomic E-state index is 13.7. The molecule has 0 bridgehead atoms. The summed E-state index contributed by atoms with van der Waals surface area (Å²) in [4.78, 5) is 11.8. The molecule has 1 unspecified atom stereocenters. The molecule has 0 amide bonds. The van der Waals surface area contributed by atoms with Gasteiger partial charge in [0.2, 0.25) is 10.0 Å². The molecule has 1 aromatic heterocycles. The smallest absolute Gasteiger partial charge is 0.459 e. The lowest BCUT2D eigenvalue weighted by atomic mass is 10.0. The first kappa shape index (κ1) is 31.0. The third kappa shape index (κ3) is 8.11. The highest BCUT2D eigenvalue weighted by molar-refractivity contribution is 7.89. The number of alkyl halides is 7. The van der Waals surface area contributed by atoms with Gasteiger partial charge in [-0.1, -0.05) is 0 Å². The Hall–Kier alpha value is -2.26. The van der Waals surface area contributed by atoms with Crippen LogP contribution in [0.5, 0.6) is 0 Å². The minimum Gasteiger partial charge on any atom is -0.469 e. The lowest BCUT2D eigenvalue weighted by molar-refractivity contribution is -0.355. The second kappa shape index (κ2) is 12.1. The van der Waals surface area contributed by atoms with Crippen molar-refractivity contribution in [3.8, 4) is 0 Å². The van der Waals surface area contributed by atoms with Gasteiger partial charge < -0.3 is 4.74 Å². The third-order valence-corrected chi connectivity index (χ3v) is 8.02. The molecule has 1 aromatic carbocycles. The Morgan fingerprint density at radius 1 is 1.00 bits per heavy atom. The number of ether oxygens (including phenoxy) is 1. The number of halogens is 8. The highest BCUT2D eigenvalue weighted by Gasteiger charge is 2.72. The second-order valence-corrected chi connectivity index (χ2v) is 10.9. The van der Waals surface area contributed by atoms with Gasteiger partial charge in [0.15, 0.2) is 0 Å². The summed E-state index contributed by atoms with van der Waals surface area (Å²) < 4.78 is 137. The van der Waals surface area contributed by atoms with Crippen LogP contribution in [-0.4, -0.2) is 39.5 Å². The van der Waals surface area contributed by atoms with E-state index >= 15 is 0 Å². The molecule has 0 saturated carbocycles. The molecule has 0 aliphatic heterocycles. The van der Waals surface area contributed by atoms with Crippen molar-refractivity contribution in [2.24, 2.45) is 0 Å². The topological polar surface area (TPSA) is 72.5 Å². The molecule has 0 radical (unpaired) electrons. The van der Waals surface area contributed by atoms with E-state index in [9.17, 15) is 48.3 Å². The van der Waals surface area contributed by atoms with E-state index in [4.69, 9.17) is 0 Å². The lowest BCUT2D eigenvalue weighted by Crippen LogP contribution is -2.51. The average Bonchev–Trinajstić information content (AvgIpc) is 3.26. The molecule has 0 spiro atoms. The summed E-state index contributed by atoms with van der Waals surface area (Å²) in [6.45, 7) is 0. The SMILES string of the molecule is COC(=O)CCCc1ccc(C(CCCC(F)(F)C(F)(F)C(F)(F)F)NS(=O)(=O)c2ccc(F)cc2)s1. The summed E-state index contributed by atoms with van der Waals surface area (Å²) in [7, 11) is -3.13. The first-order chi connectivity index (χ1) is 17.0. The molecule has 2 aromatic rings. The van der Waals surface area contributed by atoms with Crippen molar-refractivity contribution in [1.29, 1.82) is 0 Å². The molecule has 1 heterocycles. The number of benzene rings is 1. The van der Waals surface area contributed by atoms with Gasteiger partial charge in [0.05, 0.1) is 18.0 Å². The lowest BCUT2D eigenvalue weighted by Gasteiger charge is -2.28. The number of nitrogens with one attached hydrogen (secondary N) is 1. The summed E-state index contributed by atoms with van der Waals surface area (Å²) in [6.07, 6.45) is -8.87. The van der Waals surface area contributed by atoms with Gasteiger partial charge in [0.1, 0.15) is 5.82 Å². The fourth-order valence-electron chi connectivity index (χ4n) is 3.25. The Morgan fingerprint density at radius 3 is 2.19 bits per heavy atom. The van der Waals surface area contributed by atoms with Crippen LogP contribution in [0.3, 0.4) is 0 Å². The Labute approximate surface area is 211 Å². The number of hydrogen-bond donors (Lipinski definition) is 1. The zero-order valence-corrected chi connectivity index (χ0v) is 20.9. The van der Waals surface area contributed by atoms with E-state index in [-0.39, 0.29) is 16.2 Å². The quantitative estimate of drug-likeness (QED) is 0.219. The van der Waals surface area contributed by atoms with Crippen LogP contribution >= 0.6 is 11.3 Å². The fourth-order valence-corrected chi connectivity index (χ4v) is 5.71. The van der Waals surface area contributed by atoms with Gasteiger partial charge in [-0.05, 0) is 62.1 Å². The standard InChI is InChI=1S/C22H23F8NO4S2/c1-35-19(32)6-2-4-15-9-12-18(36-15)17(31-37(33,34)16-10-7-14(23)8-11-16)5-3-13-20(24,25)21(26,27)22(28,29)30/h7-12,17,31H,2-6,13H2,1H3. The van der Waals surface area contributed by atoms with Gasteiger partial charge in [0.25, 0.3) is 0 Å². The van der Waals surface area contributed by atoms with E-state index in [0.717, 1.165) is 35.6 Å². The Balaban J connectivity index is 2.22. The van der Waals surface area contributed by atoms with Crippen molar-refractivity contribution in [2.75, 3.05) is 7.11 Å². The van der Waals surface area contributed by atoms with E-state index in [1.807, 2.05) is 0 Å². The molecule has 1 atom stereocenters. The first-order valence-electron chi connectivity index (χ1n) is 10.8. The molecule has 37 heavy (non-hydrogen) atoms.